The van der Waals surface area contributed by atoms with Crippen molar-refractivity contribution < 1.29 is 13.2 Å². The van der Waals surface area contributed by atoms with Gasteiger partial charge in [0, 0.05) is 43.3 Å². The van der Waals surface area contributed by atoms with E-state index in [9.17, 15) is 13.2 Å². The number of sulfonamides is 1. The molecule has 1 atom stereocenters. The van der Waals surface area contributed by atoms with Gasteiger partial charge in [0.25, 0.3) is 0 Å². The van der Waals surface area contributed by atoms with Gasteiger partial charge in [0.15, 0.2) is 0 Å². The highest BCUT2D eigenvalue weighted by Gasteiger charge is 2.33. The lowest BCUT2D eigenvalue weighted by atomic mass is 9.99. The summed E-state index contributed by atoms with van der Waals surface area (Å²) in [5.74, 6) is -0.322. The normalized spacial score (nSPS) is 18.0. The molecule has 0 saturated carbocycles. The molecule has 7 nitrogen and oxygen atoms in total. The minimum atomic E-state index is -3.62. The molecule has 1 amide bonds. The van der Waals surface area contributed by atoms with Gasteiger partial charge in [-0.3, -0.25) is 4.79 Å². The van der Waals surface area contributed by atoms with Crippen molar-refractivity contribution in [3.8, 4) is 0 Å². The summed E-state index contributed by atoms with van der Waals surface area (Å²) in [7, 11) is -3.62. The highest BCUT2D eigenvalue weighted by molar-refractivity contribution is 7.89. The third-order valence-corrected chi connectivity index (χ3v) is 8.18. The van der Waals surface area contributed by atoms with E-state index in [0.717, 1.165) is 49.9 Å². The van der Waals surface area contributed by atoms with Crippen LogP contribution in [0.15, 0.2) is 35.4 Å². The third kappa shape index (κ3) is 5.48. The molecule has 1 aliphatic rings. The van der Waals surface area contributed by atoms with Crippen molar-refractivity contribution in [2.24, 2.45) is 5.92 Å². The number of piperidine rings is 1. The van der Waals surface area contributed by atoms with Gasteiger partial charge in [-0.25, -0.2) is 8.42 Å². The van der Waals surface area contributed by atoms with Gasteiger partial charge in [-0.1, -0.05) is 13.8 Å². The molecule has 1 aromatic heterocycles. The Morgan fingerprint density at radius 2 is 1.97 bits per heavy atom. The molecular formula is C23H36N4O3S. The SMILES string of the molecule is CCN(CC)CCCNC(=O)[C@@H]1CCCN(S(=O)(=O)c2ccc3c(ccn3CC)c2)C1. The molecule has 1 saturated heterocycles. The number of aromatic nitrogens is 1. The molecule has 172 valence electrons. The average molecular weight is 449 g/mol. The molecule has 0 radical (unpaired) electrons. The summed E-state index contributed by atoms with van der Waals surface area (Å²) in [4.78, 5) is 15.3. The number of amides is 1. The number of benzene rings is 1. The van der Waals surface area contributed by atoms with Crippen molar-refractivity contribution in [1.29, 1.82) is 0 Å². The van der Waals surface area contributed by atoms with Crippen molar-refractivity contribution in [3.63, 3.8) is 0 Å². The zero-order valence-corrected chi connectivity index (χ0v) is 19.8. The van der Waals surface area contributed by atoms with Crippen LogP contribution in [0.4, 0.5) is 0 Å². The number of carbonyl (C=O) groups excluding carboxylic acids is 1. The second kappa shape index (κ2) is 10.6. The summed E-state index contributed by atoms with van der Waals surface area (Å²) >= 11 is 0. The number of hydrogen-bond acceptors (Lipinski definition) is 4. The van der Waals surface area contributed by atoms with Crippen LogP contribution in [0.3, 0.4) is 0 Å². The Kier molecular flexibility index (Phi) is 8.13. The van der Waals surface area contributed by atoms with Gasteiger partial charge in [0.1, 0.15) is 0 Å². The monoisotopic (exact) mass is 448 g/mol. The Bertz CT molecular complexity index is 982. The smallest absolute Gasteiger partial charge is 0.243 e. The van der Waals surface area contributed by atoms with Gasteiger partial charge in [0.05, 0.1) is 10.8 Å². The van der Waals surface area contributed by atoms with Crippen molar-refractivity contribution >= 4 is 26.8 Å². The molecule has 1 fully saturated rings. The zero-order chi connectivity index (χ0) is 22.4. The number of aryl methyl sites for hydroxylation is 1. The summed E-state index contributed by atoms with van der Waals surface area (Å²) in [6, 6.07) is 7.24. The fraction of sp³-hybridized carbons (Fsp3) is 0.609. The maximum absolute atomic E-state index is 13.3. The van der Waals surface area contributed by atoms with Gasteiger partial charge in [0.2, 0.25) is 15.9 Å². The van der Waals surface area contributed by atoms with Crippen molar-refractivity contribution in [2.45, 2.75) is 51.5 Å². The first-order chi connectivity index (χ1) is 14.9. The zero-order valence-electron chi connectivity index (χ0n) is 19.0. The summed E-state index contributed by atoms with van der Waals surface area (Å²) in [6.07, 6.45) is 4.31. The second-order valence-electron chi connectivity index (χ2n) is 8.20. The molecule has 31 heavy (non-hydrogen) atoms. The van der Waals surface area contributed by atoms with Gasteiger partial charge in [-0.05, 0) is 70.1 Å². The van der Waals surface area contributed by atoms with E-state index in [1.54, 1.807) is 12.1 Å². The number of fused-ring (bicyclic) bond motifs is 1. The molecule has 1 N–H and O–H groups in total. The van der Waals surface area contributed by atoms with Gasteiger partial charge >= 0.3 is 0 Å². The Morgan fingerprint density at radius 3 is 2.68 bits per heavy atom. The van der Waals surface area contributed by atoms with E-state index < -0.39 is 10.0 Å². The number of nitrogens with zero attached hydrogens (tertiary/aromatic N) is 3. The highest BCUT2D eigenvalue weighted by atomic mass is 32.2. The van der Waals surface area contributed by atoms with E-state index in [1.165, 1.54) is 4.31 Å². The molecular weight excluding hydrogens is 412 g/mol. The van der Waals surface area contributed by atoms with E-state index in [2.05, 4.69) is 35.6 Å². The topological polar surface area (TPSA) is 74.7 Å². The quantitative estimate of drug-likeness (QED) is 0.567. The van der Waals surface area contributed by atoms with Crippen LogP contribution in [0.1, 0.15) is 40.0 Å². The lowest BCUT2D eigenvalue weighted by Crippen LogP contribution is -2.45. The summed E-state index contributed by atoms with van der Waals surface area (Å²) < 4.78 is 30.1. The van der Waals surface area contributed by atoms with E-state index >= 15 is 0 Å². The Labute approximate surface area is 186 Å². The maximum atomic E-state index is 13.3. The molecule has 2 aromatic rings. The van der Waals surface area contributed by atoms with Crippen molar-refractivity contribution in [3.05, 3.63) is 30.5 Å². The maximum Gasteiger partial charge on any atom is 0.243 e. The summed E-state index contributed by atoms with van der Waals surface area (Å²) in [5.41, 5.74) is 1.03. The van der Waals surface area contributed by atoms with Crippen LogP contribution in [0.5, 0.6) is 0 Å². The Hall–Kier alpha value is -1.90. The fourth-order valence-electron chi connectivity index (χ4n) is 4.34. The van der Waals surface area contributed by atoms with E-state index in [-0.39, 0.29) is 18.4 Å². The molecule has 3 rings (SSSR count). The first-order valence-electron chi connectivity index (χ1n) is 11.5. The predicted octanol–water partition coefficient (Wildman–Crippen LogP) is 2.91. The van der Waals surface area contributed by atoms with Crippen LogP contribution >= 0.6 is 0 Å². The standard InChI is InChI=1S/C23H36N4O3S/c1-4-25(5-2)14-8-13-24-23(28)20-9-7-15-27(18-20)31(29,30)21-10-11-22-19(17-21)12-16-26(22)6-3/h10-12,16-17,20H,4-9,13-15,18H2,1-3H3,(H,24,28)/t20-/m1/s1. The average Bonchev–Trinajstić information content (AvgIpc) is 3.21. The highest BCUT2D eigenvalue weighted by Crippen LogP contribution is 2.27. The fourth-order valence-corrected chi connectivity index (χ4v) is 5.90. The first-order valence-corrected chi connectivity index (χ1v) is 12.9. The van der Waals surface area contributed by atoms with Crippen LogP contribution in [0, 0.1) is 5.92 Å². The van der Waals surface area contributed by atoms with Gasteiger partial charge in [-0.15, -0.1) is 0 Å². The molecule has 0 spiro atoms. The number of rotatable bonds is 10. The van der Waals surface area contributed by atoms with Crippen LogP contribution in [0.2, 0.25) is 0 Å². The molecule has 2 heterocycles. The second-order valence-corrected chi connectivity index (χ2v) is 10.1. The molecule has 0 bridgehead atoms. The molecule has 8 heteroatoms. The minimum absolute atomic E-state index is 0.0325. The van der Waals surface area contributed by atoms with Crippen LogP contribution in [-0.4, -0.2) is 67.4 Å². The predicted molar refractivity (Wildman–Crippen MR) is 125 cm³/mol. The molecule has 0 unspecified atom stereocenters. The molecule has 1 aliphatic heterocycles. The lowest BCUT2D eigenvalue weighted by Gasteiger charge is -2.31. The number of nitrogens with one attached hydrogen (secondary N) is 1. The van der Waals surface area contributed by atoms with Crippen LogP contribution < -0.4 is 5.32 Å². The van der Waals surface area contributed by atoms with Gasteiger partial charge < -0.3 is 14.8 Å². The van der Waals surface area contributed by atoms with Crippen LogP contribution in [0.25, 0.3) is 10.9 Å². The van der Waals surface area contributed by atoms with Crippen molar-refractivity contribution in [2.75, 3.05) is 39.3 Å². The molecule has 0 aliphatic carbocycles. The lowest BCUT2D eigenvalue weighted by molar-refractivity contribution is -0.126. The van der Waals surface area contributed by atoms with Crippen molar-refractivity contribution in [1.82, 2.24) is 19.1 Å². The van der Waals surface area contributed by atoms with E-state index in [0.29, 0.717) is 24.4 Å². The Morgan fingerprint density at radius 1 is 1.19 bits per heavy atom. The summed E-state index contributed by atoms with van der Waals surface area (Å²) in [6.45, 7) is 11.5. The largest absolute Gasteiger partial charge is 0.356 e. The third-order valence-electron chi connectivity index (χ3n) is 6.32. The van der Waals surface area contributed by atoms with Crippen LogP contribution in [-0.2, 0) is 21.4 Å². The Balaban J connectivity index is 1.62. The first kappa shape index (κ1) is 23.8. The van der Waals surface area contributed by atoms with Gasteiger partial charge in [-0.2, -0.15) is 4.31 Å². The van der Waals surface area contributed by atoms with E-state index in [4.69, 9.17) is 0 Å². The molecule has 1 aromatic carbocycles. The van der Waals surface area contributed by atoms with E-state index in [1.807, 2.05) is 18.3 Å². The number of carbonyl (C=O) groups is 1. The number of hydrogen-bond donors (Lipinski definition) is 1. The minimum Gasteiger partial charge on any atom is -0.356 e. The summed E-state index contributed by atoms with van der Waals surface area (Å²) in [5, 5.41) is 3.93.